The van der Waals surface area contributed by atoms with E-state index in [0.717, 1.165) is 12.1 Å². The number of halogens is 2. The summed E-state index contributed by atoms with van der Waals surface area (Å²) in [6, 6.07) is 10.6. The number of carbonyl (C=O) groups is 1. The van der Waals surface area contributed by atoms with Crippen molar-refractivity contribution < 1.29 is 13.6 Å². The average molecular weight is 368 g/mol. The lowest BCUT2D eigenvalue weighted by atomic mass is 10.00. The number of H-pyrrole nitrogens is 1. The van der Waals surface area contributed by atoms with E-state index in [2.05, 4.69) is 10.3 Å². The third-order valence-electron chi connectivity index (χ3n) is 3.87. The van der Waals surface area contributed by atoms with E-state index in [9.17, 15) is 18.4 Å². The number of nitrogens with one attached hydrogen (secondary N) is 3. The molecule has 0 saturated heterocycles. The number of carbonyl (C=O) groups excluding carboxylic acids is 1. The van der Waals surface area contributed by atoms with Gasteiger partial charge >= 0.3 is 0 Å². The Labute approximate surface area is 152 Å². The quantitative estimate of drug-likeness (QED) is 0.520. The van der Waals surface area contributed by atoms with Crippen LogP contribution in [0.3, 0.4) is 0 Å². The minimum Gasteiger partial charge on any atom is -0.366 e. The van der Waals surface area contributed by atoms with Crippen molar-refractivity contribution in [3.05, 3.63) is 93.4 Å². The molecule has 0 spiro atoms. The summed E-state index contributed by atoms with van der Waals surface area (Å²) < 4.78 is 27.9. The molecule has 0 aliphatic rings. The van der Waals surface area contributed by atoms with Crippen LogP contribution in [0.4, 0.5) is 20.2 Å². The maximum atomic E-state index is 13.9. The number of nitrogens with two attached hydrogens (primary N) is 1. The van der Waals surface area contributed by atoms with Gasteiger partial charge in [0, 0.05) is 17.3 Å². The Bertz CT molecular complexity index is 1090. The molecule has 0 bridgehead atoms. The summed E-state index contributed by atoms with van der Waals surface area (Å²) >= 11 is 0. The van der Waals surface area contributed by atoms with Crippen molar-refractivity contribution >= 4 is 23.0 Å². The van der Waals surface area contributed by atoms with Crippen LogP contribution in [0.1, 0.15) is 21.5 Å². The fourth-order valence-electron chi connectivity index (χ4n) is 2.56. The van der Waals surface area contributed by atoms with Gasteiger partial charge in [-0.25, -0.2) is 8.78 Å². The minimum atomic E-state index is -0.844. The first-order valence-corrected chi connectivity index (χ1v) is 7.80. The molecule has 1 heterocycles. The number of hydrogen-bond acceptors (Lipinski definition) is 4. The number of primary amides is 1. The molecular weight excluding hydrogens is 354 g/mol. The topological polar surface area (TPSA) is 112 Å². The number of rotatable bonds is 5. The van der Waals surface area contributed by atoms with E-state index in [4.69, 9.17) is 11.1 Å². The molecule has 8 heteroatoms. The molecule has 1 amide bonds. The predicted molar refractivity (Wildman–Crippen MR) is 97.6 cm³/mol. The normalized spacial score (nSPS) is 10.4. The molecule has 0 radical (unpaired) electrons. The summed E-state index contributed by atoms with van der Waals surface area (Å²) in [7, 11) is 0. The lowest BCUT2D eigenvalue weighted by Crippen LogP contribution is -2.21. The number of pyridine rings is 1. The third kappa shape index (κ3) is 3.59. The van der Waals surface area contributed by atoms with E-state index in [1.807, 2.05) is 0 Å². The van der Waals surface area contributed by atoms with Crippen LogP contribution < -0.4 is 16.6 Å². The molecule has 3 rings (SSSR count). The lowest BCUT2D eigenvalue weighted by molar-refractivity contribution is 0.100. The van der Waals surface area contributed by atoms with Gasteiger partial charge < -0.3 is 16.0 Å². The summed E-state index contributed by atoms with van der Waals surface area (Å²) in [6.07, 6.45) is 1.29. The largest absolute Gasteiger partial charge is 0.366 e. The Morgan fingerprint density at radius 1 is 1.04 bits per heavy atom. The van der Waals surface area contributed by atoms with Gasteiger partial charge in [0.1, 0.15) is 17.3 Å². The summed E-state index contributed by atoms with van der Waals surface area (Å²) in [4.78, 5) is 26.1. The summed E-state index contributed by atoms with van der Waals surface area (Å²) in [6.45, 7) is 0. The predicted octanol–water partition coefficient (Wildman–Crippen LogP) is 2.91. The molecule has 1 aromatic heterocycles. The fraction of sp³-hybridized carbons (Fsp3) is 0. The Balaban J connectivity index is 2.09. The molecular formula is C19H14F2N4O2. The van der Waals surface area contributed by atoms with Crippen LogP contribution in [0.25, 0.3) is 0 Å². The highest BCUT2D eigenvalue weighted by Gasteiger charge is 2.18. The van der Waals surface area contributed by atoms with Crippen LogP contribution in [0, 0.1) is 17.0 Å². The zero-order valence-corrected chi connectivity index (χ0v) is 13.8. The monoisotopic (exact) mass is 368 g/mol. The third-order valence-corrected chi connectivity index (χ3v) is 3.87. The summed E-state index contributed by atoms with van der Waals surface area (Å²) in [5.41, 5.74) is 4.25. The van der Waals surface area contributed by atoms with Crippen LogP contribution in [0.15, 0.2) is 59.5 Å². The van der Waals surface area contributed by atoms with Crippen molar-refractivity contribution in [2.24, 2.45) is 5.73 Å². The van der Waals surface area contributed by atoms with Crippen LogP contribution in [-0.4, -0.2) is 16.6 Å². The zero-order valence-electron chi connectivity index (χ0n) is 13.8. The first-order valence-electron chi connectivity index (χ1n) is 7.80. The standard InChI is InChI=1S/C19H14F2N4O2/c20-12-5-2-6-13(21)17(12)25-14-7-8-24-19(27)15(14)16(22)10-3-1-4-11(9-10)18(23)26/h1-9,22H,(H2,23,26)(H2,24,25,27). The molecule has 0 atom stereocenters. The van der Waals surface area contributed by atoms with E-state index in [-0.39, 0.29) is 28.1 Å². The van der Waals surface area contributed by atoms with Gasteiger partial charge in [0.05, 0.1) is 17.0 Å². The van der Waals surface area contributed by atoms with Gasteiger partial charge in [0.15, 0.2) is 0 Å². The molecule has 6 nitrogen and oxygen atoms in total. The highest BCUT2D eigenvalue weighted by Crippen LogP contribution is 2.25. The van der Waals surface area contributed by atoms with Crippen molar-refractivity contribution in [1.29, 1.82) is 5.41 Å². The van der Waals surface area contributed by atoms with Crippen LogP contribution >= 0.6 is 0 Å². The molecule has 2 aromatic carbocycles. The summed E-state index contributed by atoms with van der Waals surface area (Å²) in [5, 5.41) is 10.9. The molecule has 136 valence electrons. The number of hydrogen-bond donors (Lipinski definition) is 4. The number of aromatic amines is 1. The SMILES string of the molecule is N=C(c1cccc(C(N)=O)c1)c1c(Nc2c(F)cccc2F)cc[nH]c1=O. The second-order valence-corrected chi connectivity index (χ2v) is 5.64. The summed E-state index contributed by atoms with van der Waals surface area (Å²) in [5.74, 6) is -2.37. The number of para-hydroxylation sites is 1. The molecule has 0 saturated carbocycles. The van der Waals surface area contributed by atoms with E-state index in [1.165, 1.54) is 42.6 Å². The Morgan fingerprint density at radius 2 is 1.67 bits per heavy atom. The van der Waals surface area contributed by atoms with Crippen molar-refractivity contribution in [3.8, 4) is 0 Å². The van der Waals surface area contributed by atoms with E-state index in [0.29, 0.717) is 0 Å². The molecule has 0 aliphatic carbocycles. The Kier molecular flexibility index (Phi) is 4.80. The molecule has 0 fully saturated rings. The second-order valence-electron chi connectivity index (χ2n) is 5.64. The average Bonchev–Trinajstić information content (AvgIpc) is 2.64. The van der Waals surface area contributed by atoms with Gasteiger partial charge in [-0.1, -0.05) is 18.2 Å². The van der Waals surface area contributed by atoms with Crippen LogP contribution in [0.5, 0.6) is 0 Å². The molecule has 0 unspecified atom stereocenters. The van der Waals surface area contributed by atoms with Crippen LogP contribution in [0.2, 0.25) is 0 Å². The molecule has 27 heavy (non-hydrogen) atoms. The smallest absolute Gasteiger partial charge is 0.259 e. The molecule has 0 aliphatic heterocycles. The fourth-order valence-corrected chi connectivity index (χ4v) is 2.56. The lowest BCUT2D eigenvalue weighted by Gasteiger charge is -2.13. The Morgan fingerprint density at radius 3 is 2.33 bits per heavy atom. The second kappa shape index (κ2) is 7.20. The first kappa shape index (κ1) is 18.0. The Hall–Kier alpha value is -3.81. The van der Waals surface area contributed by atoms with Crippen molar-refractivity contribution in [2.45, 2.75) is 0 Å². The first-order chi connectivity index (χ1) is 12.9. The van der Waals surface area contributed by atoms with Gasteiger partial charge in [-0.3, -0.25) is 15.0 Å². The van der Waals surface area contributed by atoms with Crippen molar-refractivity contribution in [3.63, 3.8) is 0 Å². The highest BCUT2D eigenvalue weighted by atomic mass is 19.1. The van der Waals surface area contributed by atoms with Gasteiger partial charge in [-0.2, -0.15) is 0 Å². The number of aromatic nitrogens is 1. The van der Waals surface area contributed by atoms with Crippen molar-refractivity contribution in [1.82, 2.24) is 4.98 Å². The zero-order chi connectivity index (χ0) is 19.6. The van der Waals surface area contributed by atoms with E-state index in [1.54, 1.807) is 0 Å². The van der Waals surface area contributed by atoms with Gasteiger partial charge in [-0.15, -0.1) is 0 Å². The maximum Gasteiger partial charge on any atom is 0.259 e. The molecule has 5 N–H and O–H groups in total. The minimum absolute atomic E-state index is 0.0391. The van der Waals surface area contributed by atoms with Gasteiger partial charge in [0.25, 0.3) is 5.56 Å². The van der Waals surface area contributed by atoms with Crippen LogP contribution in [-0.2, 0) is 0 Å². The molecule has 3 aromatic rings. The number of benzene rings is 2. The van der Waals surface area contributed by atoms with Gasteiger partial charge in [0.2, 0.25) is 5.91 Å². The number of amides is 1. The number of anilines is 2. The van der Waals surface area contributed by atoms with E-state index < -0.39 is 28.8 Å². The van der Waals surface area contributed by atoms with Gasteiger partial charge in [-0.05, 0) is 30.3 Å². The van der Waals surface area contributed by atoms with E-state index >= 15 is 0 Å². The maximum absolute atomic E-state index is 13.9. The highest BCUT2D eigenvalue weighted by molar-refractivity contribution is 6.14. The van der Waals surface area contributed by atoms with Crippen molar-refractivity contribution in [2.75, 3.05) is 5.32 Å².